The van der Waals surface area contributed by atoms with Gasteiger partial charge in [0.15, 0.2) is 24.6 Å². The maximum atomic E-state index is 13.1. The molecule has 12 heteroatoms. The van der Waals surface area contributed by atoms with Crippen molar-refractivity contribution in [1.29, 1.82) is 0 Å². The monoisotopic (exact) mass is 1000 g/mol. The highest BCUT2D eigenvalue weighted by Gasteiger charge is 2.50. The number of carboxylic acids is 1. The smallest absolute Gasteiger partial charge is 0.335 e. The van der Waals surface area contributed by atoms with Crippen LogP contribution in [0.15, 0.2) is 36.5 Å². The topological polar surface area (TPSA) is 175 Å². The zero-order valence-corrected chi connectivity index (χ0v) is 45.2. The normalized spacial score (nSPS) is 18.7. The molecule has 412 valence electrons. The van der Waals surface area contributed by atoms with Crippen LogP contribution in [0.4, 0.5) is 0 Å². The molecule has 1 heterocycles. The number of aliphatic hydroxyl groups excluding tert-OH is 2. The second kappa shape index (κ2) is 47.9. The summed E-state index contributed by atoms with van der Waals surface area (Å²) >= 11 is 0. The van der Waals surface area contributed by atoms with Crippen LogP contribution >= 0.6 is 0 Å². The fourth-order valence-electron chi connectivity index (χ4n) is 8.69. The predicted molar refractivity (Wildman–Crippen MR) is 285 cm³/mol. The van der Waals surface area contributed by atoms with Crippen LogP contribution in [-0.4, -0.2) is 89.2 Å². The molecular formula is C59H104O12. The molecule has 6 unspecified atom stereocenters. The fourth-order valence-corrected chi connectivity index (χ4v) is 8.69. The lowest BCUT2D eigenvalue weighted by Crippen LogP contribution is -2.61. The van der Waals surface area contributed by atoms with Crippen molar-refractivity contribution in [3.05, 3.63) is 36.5 Å². The third-order valence-corrected chi connectivity index (χ3v) is 13.2. The van der Waals surface area contributed by atoms with Crippen LogP contribution < -0.4 is 0 Å². The van der Waals surface area contributed by atoms with Gasteiger partial charge in [-0.05, 0) is 77.0 Å². The van der Waals surface area contributed by atoms with Crippen molar-refractivity contribution >= 4 is 23.9 Å². The van der Waals surface area contributed by atoms with Crippen molar-refractivity contribution in [1.82, 2.24) is 0 Å². The molecule has 6 atom stereocenters. The Kier molecular flexibility index (Phi) is 44.5. The van der Waals surface area contributed by atoms with Crippen molar-refractivity contribution in [3.8, 4) is 0 Å². The molecule has 0 aromatic rings. The van der Waals surface area contributed by atoms with Crippen LogP contribution in [-0.2, 0) is 42.9 Å². The highest BCUT2D eigenvalue weighted by atomic mass is 16.7. The van der Waals surface area contributed by atoms with E-state index in [1.165, 1.54) is 116 Å². The third-order valence-electron chi connectivity index (χ3n) is 13.2. The lowest BCUT2D eigenvalue weighted by molar-refractivity contribution is -0.301. The number of carboxylic acid groups (broad SMARTS) is 1. The van der Waals surface area contributed by atoms with Crippen molar-refractivity contribution in [2.24, 2.45) is 0 Å². The summed E-state index contributed by atoms with van der Waals surface area (Å²) in [6.07, 6.45) is 42.7. The van der Waals surface area contributed by atoms with Crippen LogP contribution in [0.25, 0.3) is 0 Å². The standard InChI is InChI=1S/C59H104O12/c1-4-7-10-13-16-19-21-23-25-26-28-29-31-34-36-39-42-45-51(60)67-48-50(69-52(61)46-43-40-37-33-18-15-12-9-6-3)49-68-59-57(55(64)54(63)56(71-59)58(65)66)70-53(62)47-44-41-38-35-32-30-27-24-22-20-17-14-11-8-5-2/h17,20,23-25,27,50,54-57,59,63-64H,4-16,18-19,21-22,26,28-49H2,1-3H3,(H,65,66)/b20-17-,25-23-,27-24-. The fraction of sp³-hybridized carbons (Fsp3) is 0.831. The van der Waals surface area contributed by atoms with E-state index >= 15 is 0 Å². The van der Waals surface area contributed by atoms with Gasteiger partial charge in [-0.3, -0.25) is 14.4 Å². The summed E-state index contributed by atoms with van der Waals surface area (Å²) in [5.74, 6) is -3.13. The van der Waals surface area contributed by atoms with Crippen molar-refractivity contribution in [2.45, 2.75) is 302 Å². The maximum Gasteiger partial charge on any atom is 0.335 e. The molecule has 1 aliphatic heterocycles. The number of aliphatic hydroxyl groups is 2. The maximum absolute atomic E-state index is 13.1. The summed E-state index contributed by atoms with van der Waals surface area (Å²) in [4.78, 5) is 50.9. The lowest BCUT2D eigenvalue weighted by atomic mass is 9.98. The van der Waals surface area contributed by atoms with Gasteiger partial charge < -0.3 is 39.0 Å². The van der Waals surface area contributed by atoms with Gasteiger partial charge in [0.2, 0.25) is 0 Å². The molecule has 0 aromatic carbocycles. The molecule has 1 fully saturated rings. The molecule has 3 N–H and O–H groups in total. The van der Waals surface area contributed by atoms with E-state index in [0.29, 0.717) is 19.3 Å². The molecule has 1 saturated heterocycles. The quantitative estimate of drug-likeness (QED) is 0.0228. The number of hydrogen-bond acceptors (Lipinski definition) is 11. The average Bonchev–Trinajstić information content (AvgIpc) is 3.35. The van der Waals surface area contributed by atoms with Crippen LogP contribution in [0.3, 0.4) is 0 Å². The number of allylic oxidation sites excluding steroid dienone is 6. The van der Waals surface area contributed by atoms with E-state index in [4.69, 9.17) is 23.7 Å². The summed E-state index contributed by atoms with van der Waals surface area (Å²) in [7, 11) is 0. The third kappa shape index (κ3) is 38.2. The molecule has 1 rings (SSSR count). The number of aliphatic carboxylic acids is 1. The summed E-state index contributed by atoms with van der Waals surface area (Å²) in [6.45, 7) is 5.93. The highest BCUT2D eigenvalue weighted by molar-refractivity contribution is 5.74. The number of carbonyl (C=O) groups is 4. The number of unbranched alkanes of at least 4 members (excludes halogenated alkanes) is 29. The number of esters is 3. The van der Waals surface area contributed by atoms with Crippen LogP contribution in [0.1, 0.15) is 265 Å². The molecule has 71 heavy (non-hydrogen) atoms. The zero-order valence-electron chi connectivity index (χ0n) is 45.2. The lowest BCUT2D eigenvalue weighted by Gasteiger charge is -2.40. The molecule has 1 aliphatic rings. The highest BCUT2D eigenvalue weighted by Crippen LogP contribution is 2.26. The second-order valence-electron chi connectivity index (χ2n) is 19.9. The Bertz CT molecular complexity index is 1380. The second-order valence-corrected chi connectivity index (χ2v) is 19.9. The van der Waals surface area contributed by atoms with Gasteiger partial charge in [0.1, 0.15) is 18.8 Å². The number of carbonyl (C=O) groups excluding carboxylic acids is 3. The molecule has 12 nitrogen and oxygen atoms in total. The van der Waals surface area contributed by atoms with E-state index in [1.54, 1.807) is 0 Å². The Hall–Kier alpha value is -3.06. The molecule has 0 aliphatic carbocycles. The molecule has 0 radical (unpaired) electrons. The zero-order chi connectivity index (χ0) is 51.8. The van der Waals surface area contributed by atoms with E-state index in [-0.39, 0.29) is 25.9 Å². The minimum atomic E-state index is -1.90. The van der Waals surface area contributed by atoms with E-state index in [9.17, 15) is 34.5 Å². The molecule has 0 bridgehead atoms. The van der Waals surface area contributed by atoms with Crippen molar-refractivity contribution in [3.63, 3.8) is 0 Å². The minimum Gasteiger partial charge on any atom is -0.479 e. The van der Waals surface area contributed by atoms with Crippen LogP contribution in [0, 0.1) is 0 Å². The van der Waals surface area contributed by atoms with Gasteiger partial charge in [0.05, 0.1) is 6.61 Å². The minimum absolute atomic E-state index is 0.0468. The van der Waals surface area contributed by atoms with Gasteiger partial charge in [-0.15, -0.1) is 0 Å². The van der Waals surface area contributed by atoms with Gasteiger partial charge >= 0.3 is 23.9 Å². The Balaban J connectivity index is 2.66. The number of rotatable bonds is 49. The van der Waals surface area contributed by atoms with E-state index < -0.39 is 67.3 Å². The summed E-state index contributed by atoms with van der Waals surface area (Å²) in [5, 5.41) is 31.4. The van der Waals surface area contributed by atoms with Crippen LogP contribution in [0.2, 0.25) is 0 Å². The van der Waals surface area contributed by atoms with Gasteiger partial charge in [-0.1, -0.05) is 205 Å². The Morgan fingerprint density at radius 2 is 0.845 bits per heavy atom. The Morgan fingerprint density at radius 3 is 1.31 bits per heavy atom. The first-order valence-electron chi connectivity index (χ1n) is 29.0. The van der Waals surface area contributed by atoms with Gasteiger partial charge in [0, 0.05) is 19.3 Å². The van der Waals surface area contributed by atoms with Crippen molar-refractivity contribution in [2.75, 3.05) is 13.2 Å². The van der Waals surface area contributed by atoms with Crippen molar-refractivity contribution < 1.29 is 58.2 Å². The molecule has 0 aromatic heterocycles. The average molecular weight is 1010 g/mol. The molecule has 0 saturated carbocycles. The first-order valence-corrected chi connectivity index (χ1v) is 29.0. The van der Waals surface area contributed by atoms with Gasteiger partial charge in [0.25, 0.3) is 0 Å². The number of hydrogen-bond donors (Lipinski definition) is 3. The Labute approximate surface area is 431 Å². The largest absolute Gasteiger partial charge is 0.479 e. The summed E-state index contributed by atoms with van der Waals surface area (Å²) in [6, 6.07) is 0. The van der Waals surface area contributed by atoms with Gasteiger partial charge in [-0.25, -0.2) is 4.79 Å². The van der Waals surface area contributed by atoms with E-state index in [0.717, 1.165) is 89.9 Å². The first kappa shape index (κ1) is 66.0. The summed E-state index contributed by atoms with van der Waals surface area (Å²) in [5.41, 5.74) is 0. The SMILES string of the molecule is CCCCC/C=C\C/C=C\CCCCCCCC(=O)OC1C(OCC(COC(=O)CCCCCCCCC/C=C\CCCCCCCC)OC(=O)CCCCCCCCCCC)OC(C(=O)O)C(O)C1O. The first-order chi connectivity index (χ1) is 34.6. The molecule has 0 spiro atoms. The molecular weight excluding hydrogens is 901 g/mol. The van der Waals surface area contributed by atoms with Gasteiger partial charge in [-0.2, -0.15) is 0 Å². The summed E-state index contributed by atoms with van der Waals surface area (Å²) < 4.78 is 28.3. The van der Waals surface area contributed by atoms with E-state index in [2.05, 4.69) is 57.2 Å². The number of ether oxygens (including phenoxy) is 5. The molecule has 0 amide bonds. The predicted octanol–water partition coefficient (Wildman–Crippen LogP) is 14.5. The Morgan fingerprint density at radius 1 is 0.465 bits per heavy atom. The van der Waals surface area contributed by atoms with E-state index in [1.807, 2.05) is 0 Å². The van der Waals surface area contributed by atoms with Crippen LogP contribution in [0.5, 0.6) is 0 Å².